The second-order valence-corrected chi connectivity index (χ2v) is 3.98. The molecular weight excluding hydrogens is 258 g/mol. The lowest BCUT2D eigenvalue weighted by Crippen LogP contribution is -2.30. The highest BCUT2D eigenvalue weighted by atomic mass is 16.5. The Morgan fingerprint density at radius 1 is 1.50 bits per heavy atom. The minimum Gasteiger partial charge on any atom is -0.462 e. The Morgan fingerprint density at radius 2 is 2.30 bits per heavy atom. The van der Waals surface area contributed by atoms with Crippen LogP contribution in [0.4, 0.5) is 5.82 Å². The van der Waals surface area contributed by atoms with Crippen molar-refractivity contribution in [1.82, 2.24) is 4.98 Å². The standard InChI is InChI=1S/C14H19N3O3/c1-3-20-14(18)12-6-4-8-16-13(12)17(9-5-7-15)10-11-19-2/h4,6,8H,3,5,9-11H2,1-2H3. The van der Waals surface area contributed by atoms with Crippen LogP contribution in [0.25, 0.3) is 0 Å². The molecule has 0 aliphatic rings. The molecule has 0 atom stereocenters. The predicted octanol–water partition coefficient (Wildman–Crippen LogP) is 1.62. The van der Waals surface area contributed by atoms with Crippen LogP contribution < -0.4 is 4.90 Å². The van der Waals surface area contributed by atoms with Crippen LogP contribution in [0, 0.1) is 11.3 Å². The molecule has 6 heteroatoms. The Balaban J connectivity index is 2.99. The first-order valence-electron chi connectivity index (χ1n) is 6.47. The molecule has 0 aliphatic heterocycles. The molecule has 0 unspecified atom stereocenters. The molecule has 0 aliphatic carbocycles. The van der Waals surface area contributed by atoms with Crippen molar-refractivity contribution in [2.24, 2.45) is 0 Å². The monoisotopic (exact) mass is 277 g/mol. The van der Waals surface area contributed by atoms with E-state index in [1.807, 2.05) is 4.90 Å². The zero-order chi connectivity index (χ0) is 14.8. The van der Waals surface area contributed by atoms with E-state index in [-0.39, 0.29) is 0 Å². The van der Waals surface area contributed by atoms with E-state index < -0.39 is 5.97 Å². The lowest BCUT2D eigenvalue weighted by Gasteiger charge is -2.24. The highest BCUT2D eigenvalue weighted by Crippen LogP contribution is 2.18. The summed E-state index contributed by atoms with van der Waals surface area (Å²) in [6, 6.07) is 5.45. The Hall–Kier alpha value is -2.13. The van der Waals surface area contributed by atoms with Gasteiger partial charge in [0.2, 0.25) is 0 Å². The summed E-state index contributed by atoms with van der Waals surface area (Å²) in [6.07, 6.45) is 1.97. The van der Waals surface area contributed by atoms with Crippen molar-refractivity contribution in [1.29, 1.82) is 5.26 Å². The molecule has 20 heavy (non-hydrogen) atoms. The third-order valence-corrected chi connectivity index (χ3v) is 2.64. The molecule has 0 saturated heterocycles. The highest BCUT2D eigenvalue weighted by molar-refractivity contribution is 5.94. The molecular formula is C14H19N3O3. The van der Waals surface area contributed by atoms with Gasteiger partial charge in [-0.25, -0.2) is 9.78 Å². The van der Waals surface area contributed by atoms with Crippen molar-refractivity contribution in [3.8, 4) is 6.07 Å². The number of esters is 1. The summed E-state index contributed by atoms with van der Waals surface area (Å²) in [7, 11) is 1.60. The predicted molar refractivity (Wildman–Crippen MR) is 74.5 cm³/mol. The fourth-order valence-corrected chi connectivity index (χ4v) is 1.73. The number of anilines is 1. The van der Waals surface area contributed by atoms with Gasteiger partial charge in [-0.3, -0.25) is 0 Å². The summed E-state index contributed by atoms with van der Waals surface area (Å²) in [6.45, 7) is 3.60. The topological polar surface area (TPSA) is 75.5 Å². The molecule has 1 heterocycles. The molecule has 0 fully saturated rings. The smallest absolute Gasteiger partial charge is 0.341 e. The van der Waals surface area contributed by atoms with E-state index in [0.29, 0.717) is 44.1 Å². The number of carbonyl (C=O) groups is 1. The number of hydrogen-bond donors (Lipinski definition) is 0. The van der Waals surface area contributed by atoms with Crippen LogP contribution in [0.15, 0.2) is 18.3 Å². The van der Waals surface area contributed by atoms with Crippen LogP contribution in [-0.2, 0) is 9.47 Å². The maximum Gasteiger partial charge on any atom is 0.341 e. The van der Waals surface area contributed by atoms with Crippen molar-refractivity contribution in [2.45, 2.75) is 13.3 Å². The van der Waals surface area contributed by atoms with E-state index in [1.165, 1.54) is 0 Å². The van der Waals surface area contributed by atoms with Crippen molar-refractivity contribution in [2.75, 3.05) is 38.3 Å². The fourth-order valence-electron chi connectivity index (χ4n) is 1.73. The molecule has 1 aromatic rings. The third-order valence-electron chi connectivity index (χ3n) is 2.64. The Bertz CT molecular complexity index is 471. The van der Waals surface area contributed by atoms with E-state index in [0.717, 1.165) is 0 Å². The van der Waals surface area contributed by atoms with Crippen molar-refractivity contribution >= 4 is 11.8 Å². The van der Waals surface area contributed by atoms with Crippen LogP contribution in [-0.4, -0.2) is 44.4 Å². The van der Waals surface area contributed by atoms with Crippen molar-refractivity contribution in [3.63, 3.8) is 0 Å². The molecule has 0 amide bonds. The molecule has 6 nitrogen and oxygen atoms in total. The largest absolute Gasteiger partial charge is 0.462 e. The number of ether oxygens (including phenoxy) is 2. The second-order valence-electron chi connectivity index (χ2n) is 3.98. The Kier molecular flexibility index (Phi) is 7.07. The molecule has 108 valence electrons. The van der Waals surface area contributed by atoms with Crippen LogP contribution >= 0.6 is 0 Å². The SMILES string of the molecule is CCOC(=O)c1cccnc1N(CCC#N)CCOC. The van der Waals surface area contributed by atoms with Crippen LogP contribution in [0.3, 0.4) is 0 Å². The first-order valence-corrected chi connectivity index (χ1v) is 6.47. The molecule has 0 bridgehead atoms. The number of nitriles is 1. The summed E-state index contributed by atoms with van der Waals surface area (Å²) in [5.74, 6) is 0.119. The van der Waals surface area contributed by atoms with Crippen LogP contribution in [0.5, 0.6) is 0 Å². The molecule has 0 spiro atoms. The maximum atomic E-state index is 11.9. The van der Waals surface area contributed by atoms with Gasteiger partial charge in [-0.15, -0.1) is 0 Å². The molecule has 1 rings (SSSR count). The lowest BCUT2D eigenvalue weighted by atomic mass is 10.2. The molecule has 0 saturated carbocycles. The Labute approximate surface area is 118 Å². The summed E-state index contributed by atoms with van der Waals surface area (Å²) in [5, 5.41) is 8.73. The number of aromatic nitrogens is 1. The average molecular weight is 277 g/mol. The quantitative estimate of drug-likeness (QED) is 0.672. The van der Waals surface area contributed by atoms with Crippen molar-refractivity contribution < 1.29 is 14.3 Å². The van der Waals surface area contributed by atoms with E-state index in [1.54, 1.807) is 32.4 Å². The van der Waals surface area contributed by atoms with Gasteiger partial charge >= 0.3 is 5.97 Å². The van der Waals surface area contributed by atoms with E-state index in [2.05, 4.69) is 11.1 Å². The first-order chi connectivity index (χ1) is 9.74. The van der Waals surface area contributed by atoms with E-state index in [4.69, 9.17) is 14.7 Å². The number of pyridine rings is 1. The van der Waals surface area contributed by atoms with Gasteiger partial charge in [0.15, 0.2) is 0 Å². The summed E-state index contributed by atoms with van der Waals surface area (Å²) < 4.78 is 10.1. The molecule has 0 aromatic carbocycles. The van der Waals surface area contributed by atoms with Gasteiger partial charge in [0.05, 0.1) is 25.7 Å². The number of carbonyl (C=O) groups excluding carboxylic acids is 1. The molecule has 0 N–H and O–H groups in total. The van der Waals surface area contributed by atoms with Crippen LogP contribution in [0.2, 0.25) is 0 Å². The fraction of sp³-hybridized carbons (Fsp3) is 0.500. The average Bonchev–Trinajstić information content (AvgIpc) is 2.48. The van der Waals surface area contributed by atoms with Gasteiger partial charge in [0.25, 0.3) is 0 Å². The first kappa shape index (κ1) is 15.9. The highest BCUT2D eigenvalue weighted by Gasteiger charge is 2.18. The minimum atomic E-state index is -0.407. The van der Waals surface area contributed by atoms with E-state index in [9.17, 15) is 4.79 Å². The maximum absolute atomic E-state index is 11.9. The zero-order valence-electron chi connectivity index (χ0n) is 11.8. The van der Waals surface area contributed by atoms with Crippen LogP contribution in [0.1, 0.15) is 23.7 Å². The van der Waals surface area contributed by atoms with Gasteiger partial charge in [-0.1, -0.05) is 0 Å². The minimum absolute atomic E-state index is 0.309. The second kappa shape index (κ2) is 8.88. The molecule has 1 aromatic heterocycles. The Morgan fingerprint density at radius 3 is 2.95 bits per heavy atom. The number of hydrogen-bond acceptors (Lipinski definition) is 6. The van der Waals surface area contributed by atoms with Gasteiger partial charge in [0, 0.05) is 26.4 Å². The van der Waals surface area contributed by atoms with Gasteiger partial charge in [-0.05, 0) is 19.1 Å². The summed E-state index contributed by atoms with van der Waals surface area (Å²) >= 11 is 0. The molecule has 0 radical (unpaired) electrons. The number of methoxy groups -OCH3 is 1. The van der Waals surface area contributed by atoms with Gasteiger partial charge in [-0.2, -0.15) is 5.26 Å². The van der Waals surface area contributed by atoms with Gasteiger partial charge < -0.3 is 14.4 Å². The lowest BCUT2D eigenvalue weighted by molar-refractivity contribution is 0.0526. The number of rotatable bonds is 8. The zero-order valence-corrected chi connectivity index (χ0v) is 11.8. The summed E-state index contributed by atoms with van der Waals surface area (Å²) in [5.41, 5.74) is 0.406. The third kappa shape index (κ3) is 4.52. The van der Waals surface area contributed by atoms with Crippen molar-refractivity contribution in [3.05, 3.63) is 23.9 Å². The normalized spacial score (nSPS) is 9.85. The van der Waals surface area contributed by atoms with Gasteiger partial charge in [0.1, 0.15) is 11.4 Å². The van der Waals surface area contributed by atoms with E-state index >= 15 is 0 Å². The number of nitrogens with zero attached hydrogens (tertiary/aromatic N) is 3. The summed E-state index contributed by atoms with van der Waals surface area (Å²) in [4.78, 5) is 18.0.